The smallest absolute Gasteiger partial charge is 0.261 e. The molecule has 21 heavy (non-hydrogen) atoms. The Labute approximate surface area is 128 Å². The summed E-state index contributed by atoms with van der Waals surface area (Å²) in [6.07, 6.45) is 0.880. The minimum absolute atomic E-state index is 0.00349. The van der Waals surface area contributed by atoms with E-state index < -0.39 is 0 Å². The molecule has 2 aromatic rings. The summed E-state index contributed by atoms with van der Waals surface area (Å²) in [6, 6.07) is 3.91. The van der Waals surface area contributed by atoms with Gasteiger partial charge in [0.15, 0.2) is 0 Å². The molecule has 114 valence electrons. The third-order valence-corrected chi connectivity index (χ3v) is 4.22. The van der Waals surface area contributed by atoms with Crippen LogP contribution in [0.2, 0.25) is 0 Å². The molecule has 0 aromatic carbocycles. The molecule has 2 N–H and O–H groups in total. The number of carbonyl (C=O) groups is 1. The zero-order valence-corrected chi connectivity index (χ0v) is 13.4. The minimum Gasteiger partial charge on any atom is -0.361 e. The summed E-state index contributed by atoms with van der Waals surface area (Å²) in [6.45, 7) is 7.46. The van der Waals surface area contributed by atoms with Gasteiger partial charge in [0.2, 0.25) is 0 Å². The lowest BCUT2D eigenvalue weighted by Crippen LogP contribution is -2.28. The lowest BCUT2D eigenvalue weighted by Gasteiger charge is -2.13. The summed E-state index contributed by atoms with van der Waals surface area (Å²) in [5, 5.41) is 12.2. The van der Waals surface area contributed by atoms with Crippen molar-refractivity contribution in [2.75, 3.05) is 13.1 Å². The predicted molar refractivity (Wildman–Crippen MR) is 83.7 cm³/mol. The van der Waals surface area contributed by atoms with Crippen LogP contribution in [-0.2, 0) is 0 Å². The molecule has 1 atom stereocenters. The molecule has 6 heteroatoms. The summed E-state index contributed by atoms with van der Waals surface area (Å²) in [5.74, 6) is 0.863. The fourth-order valence-corrected chi connectivity index (χ4v) is 2.95. The third kappa shape index (κ3) is 4.15. The maximum Gasteiger partial charge on any atom is 0.261 e. The number of thiophene rings is 1. The highest BCUT2D eigenvalue weighted by molar-refractivity contribution is 7.12. The SMILES string of the molecule is Cc1noc(C)c1C(C)NCCCNC(=O)c1cccs1. The first-order chi connectivity index (χ1) is 10.1. The van der Waals surface area contributed by atoms with Gasteiger partial charge >= 0.3 is 0 Å². The molecule has 0 saturated carbocycles. The van der Waals surface area contributed by atoms with Crippen molar-refractivity contribution in [3.05, 3.63) is 39.4 Å². The Morgan fingerprint density at radius 2 is 2.24 bits per heavy atom. The Balaban J connectivity index is 1.67. The molecule has 2 aromatic heterocycles. The zero-order valence-electron chi connectivity index (χ0n) is 12.6. The van der Waals surface area contributed by atoms with Crippen molar-refractivity contribution in [2.24, 2.45) is 0 Å². The van der Waals surface area contributed by atoms with E-state index in [1.807, 2.05) is 31.4 Å². The largest absolute Gasteiger partial charge is 0.361 e. The van der Waals surface area contributed by atoms with Crippen molar-refractivity contribution >= 4 is 17.2 Å². The van der Waals surface area contributed by atoms with E-state index in [-0.39, 0.29) is 11.9 Å². The van der Waals surface area contributed by atoms with Crippen LogP contribution in [0.3, 0.4) is 0 Å². The number of aryl methyl sites for hydroxylation is 2. The summed E-state index contributed by atoms with van der Waals surface area (Å²) in [4.78, 5) is 12.5. The highest BCUT2D eigenvalue weighted by Crippen LogP contribution is 2.20. The Morgan fingerprint density at radius 3 is 2.86 bits per heavy atom. The Bertz CT molecular complexity index is 558. The van der Waals surface area contributed by atoms with Crippen molar-refractivity contribution in [1.29, 1.82) is 0 Å². The summed E-state index contributed by atoms with van der Waals surface area (Å²) >= 11 is 1.46. The van der Waals surface area contributed by atoms with Crippen LogP contribution in [0.5, 0.6) is 0 Å². The van der Waals surface area contributed by atoms with Gasteiger partial charge in [0.05, 0.1) is 10.6 Å². The van der Waals surface area contributed by atoms with Gasteiger partial charge in [0.25, 0.3) is 5.91 Å². The number of carbonyl (C=O) groups excluding carboxylic acids is 1. The molecular weight excluding hydrogens is 286 g/mol. The standard InChI is InChI=1S/C15H21N3O2S/c1-10(14-11(2)18-20-12(14)3)16-7-5-8-17-15(19)13-6-4-9-21-13/h4,6,9-10,16H,5,7-8H2,1-3H3,(H,17,19). The minimum atomic E-state index is 0.00349. The molecule has 1 amide bonds. The molecule has 2 heterocycles. The first kappa shape index (κ1) is 15.7. The number of aromatic nitrogens is 1. The number of rotatable bonds is 7. The maximum absolute atomic E-state index is 11.7. The Hall–Kier alpha value is -1.66. The van der Waals surface area contributed by atoms with E-state index in [0.29, 0.717) is 6.54 Å². The van der Waals surface area contributed by atoms with Crippen LogP contribution in [0.25, 0.3) is 0 Å². The number of hydrogen-bond donors (Lipinski definition) is 2. The second-order valence-electron chi connectivity index (χ2n) is 5.00. The molecule has 5 nitrogen and oxygen atoms in total. The molecule has 0 spiro atoms. The van der Waals surface area contributed by atoms with Crippen LogP contribution in [-0.4, -0.2) is 24.2 Å². The van der Waals surface area contributed by atoms with Gasteiger partial charge in [0.1, 0.15) is 5.76 Å². The molecule has 0 bridgehead atoms. The predicted octanol–water partition coefficient (Wildman–Crippen LogP) is 2.82. The van der Waals surface area contributed by atoms with E-state index in [1.165, 1.54) is 11.3 Å². The molecule has 0 aliphatic heterocycles. The van der Waals surface area contributed by atoms with E-state index >= 15 is 0 Å². The fourth-order valence-electron chi connectivity index (χ4n) is 2.31. The molecule has 0 fully saturated rings. The molecule has 1 unspecified atom stereocenters. The van der Waals surface area contributed by atoms with Crippen molar-refractivity contribution in [3.63, 3.8) is 0 Å². The molecular formula is C15H21N3O2S. The summed E-state index contributed by atoms with van der Waals surface area (Å²) in [5.41, 5.74) is 2.05. The monoisotopic (exact) mass is 307 g/mol. The highest BCUT2D eigenvalue weighted by Gasteiger charge is 2.15. The molecule has 2 rings (SSSR count). The lowest BCUT2D eigenvalue weighted by molar-refractivity contribution is 0.0957. The summed E-state index contributed by atoms with van der Waals surface area (Å²) < 4.78 is 5.17. The maximum atomic E-state index is 11.7. The topological polar surface area (TPSA) is 67.2 Å². The van der Waals surface area contributed by atoms with Crippen molar-refractivity contribution in [3.8, 4) is 0 Å². The van der Waals surface area contributed by atoms with Crippen molar-refractivity contribution in [1.82, 2.24) is 15.8 Å². The first-order valence-electron chi connectivity index (χ1n) is 7.07. The number of nitrogens with zero attached hydrogens (tertiary/aromatic N) is 1. The van der Waals surface area contributed by atoms with E-state index in [9.17, 15) is 4.79 Å². The third-order valence-electron chi connectivity index (χ3n) is 3.36. The lowest BCUT2D eigenvalue weighted by atomic mass is 10.1. The van der Waals surface area contributed by atoms with Gasteiger partial charge in [-0.05, 0) is 45.2 Å². The van der Waals surface area contributed by atoms with Gasteiger partial charge in [-0.3, -0.25) is 4.79 Å². The Kier molecular flexibility index (Phi) is 5.52. The molecule has 0 aliphatic rings. The van der Waals surface area contributed by atoms with E-state index in [0.717, 1.165) is 34.9 Å². The van der Waals surface area contributed by atoms with Crippen LogP contribution in [0.4, 0.5) is 0 Å². The number of nitrogens with one attached hydrogen (secondary N) is 2. The highest BCUT2D eigenvalue weighted by atomic mass is 32.1. The van der Waals surface area contributed by atoms with Crippen LogP contribution in [0.15, 0.2) is 22.0 Å². The number of hydrogen-bond acceptors (Lipinski definition) is 5. The van der Waals surface area contributed by atoms with E-state index in [4.69, 9.17) is 4.52 Å². The average Bonchev–Trinajstić information content (AvgIpc) is 3.08. The van der Waals surface area contributed by atoms with Gasteiger partial charge in [-0.2, -0.15) is 0 Å². The van der Waals surface area contributed by atoms with Gasteiger partial charge < -0.3 is 15.2 Å². The van der Waals surface area contributed by atoms with Crippen molar-refractivity contribution < 1.29 is 9.32 Å². The van der Waals surface area contributed by atoms with Gasteiger partial charge in [-0.25, -0.2) is 0 Å². The second kappa shape index (κ2) is 7.38. The van der Waals surface area contributed by atoms with Crippen LogP contribution in [0.1, 0.15) is 46.1 Å². The zero-order chi connectivity index (χ0) is 15.2. The molecule has 0 radical (unpaired) electrons. The van der Waals surface area contributed by atoms with E-state index in [2.05, 4.69) is 22.7 Å². The second-order valence-corrected chi connectivity index (χ2v) is 5.95. The number of amides is 1. The van der Waals surface area contributed by atoms with Crippen LogP contribution in [0, 0.1) is 13.8 Å². The fraction of sp³-hybridized carbons (Fsp3) is 0.467. The van der Waals surface area contributed by atoms with Gasteiger partial charge in [0, 0.05) is 18.2 Å². The average molecular weight is 307 g/mol. The summed E-state index contributed by atoms with van der Waals surface area (Å²) in [7, 11) is 0. The van der Waals surface area contributed by atoms with Crippen molar-refractivity contribution in [2.45, 2.75) is 33.2 Å². The normalized spacial score (nSPS) is 12.3. The van der Waals surface area contributed by atoms with Gasteiger partial charge in [-0.1, -0.05) is 11.2 Å². The van der Waals surface area contributed by atoms with E-state index in [1.54, 1.807) is 0 Å². The van der Waals surface area contributed by atoms with Crippen LogP contribution < -0.4 is 10.6 Å². The quantitative estimate of drug-likeness (QED) is 0.772. The first-order valence-corrected chi connectivity index (χ1v) is 7.95. The Morgan fingerprint density at radius 1 is 1.43 bits per heavy atom. The van der Waals surface area contributed by atoms with Crippen LogP contribution >= 0.6 is 11.3 Å². The molecule has 0 aliphatic carbocycles. The van der Waals surface area contributed by atoms with Gasteiger partial charge in [-0.15, -0.1) is 11.3 Å². The molecule has 0 saturated heterocycles.